The van der Waals surface area contributed by atoms with Crippen LogP contribution in [0.25, 0.3) is 11.3 Å². The lowest BCUT2D eigenvalue weighted by molar-refractivity contribution is 0.397. The first-order valence-electron chi connectivity index (χ1n) is 4.95. The lowest BCUT2D eigenvalue weighted by Gasteiger charge is -2.12. The molecular formula is C12H11ClN2O2. The van der Waals surface area contributed by atoms with Gasteiger partial charge in [-0.3, -0.25) is 4.98 Å². The third kappa shape index (κ3) is 2.17. The van der Waals surface area contributed by atoms with Crippen molar-refractivity contribution in [1.29, 1.82) is 0 Å². The summed E-state index contributed by atoms with van der Waals surface area (Å²) < 4.78 is 10.6. The molecule has 4 nitrogen and oxygen atoms in total. The van der Waals surface area contributed by atoms with Crippen LogP contribution in [0, 0.1) is 0 Å². The molecule has 1 aromatic heterocycles. The first-order chi connectivity index (χ1) is 8.27. The van der Waals surface area contributed by atoms with E-state index >= 15 is 0 Å². The van der Waals surface area contributed by atoms with Crippen molar-refractivity contribution in [2.24, 2.45) is 0 Å². The summed E-state index contributed by atoms with van der Waals surface area (Å²) in [6.45, 7) is 0. The topological polar surface area (TPSA) is 44.2 Å². The highest BCUT2D eigenvalue weighted by Crippen LogP contribution is 2.39. The Morgan fingerprint density at radius 3 is 2.12 bits per heavy atom. The molecule has 0 aliphatic rings. The fourth-order valence-corrected chi connectivity index (χ4v) is 1.77. The number of benzene rings is 1. The molecule has 1 heterocycles. The van der Waals surface area contributed by atoms with Gasteiger partial charge in [0.2, 0.25) is 0 Å². The molecule has 0 bridgehead atoms. The van der Waals surface area contributed by atoms with Gasteiger partial charge in [-0.05, 0) is 12.1 Å². The Hall–Kier alpha value is -1.81. The molecule has 0 unspecified atom stereocenters. The van der Waals surface area contributed by atoms with Crippen LogP contribution in [0.3, 0.4) is 0 Å². The van der Waals surface area contributed by atoms with Crippen molar-refractivity contribution in [1.82, 2.24) is 9.97 Å². The average Bonchev–Trinajstić information content (AvgIpc) is 2.38. The fraction of sp³-hybridized carbons (Fsp3) is 0.167. The SMILES string of the molecule is COc1cccc(OC)c1-c1nccnc1Cl. The molecule has 0 aliphatic carbocycles. The largest absolute Gasteiger partial charge is 0.496 e. The molecule has 0 atom stereocenters. The number of hydrogen-bond donors (Lipinski definition) is 0. The maximum absolute atomic E-state index is 6.03. The lowest BCUT2D eigenvalue weighted by atomic mass is 10.1. The quantitative estimate of drug-likeness (QED) is 0.840. The van der Waals surface area contributed by atoms with E-state index in [0.29, 0.717) is 27.9 Å². The number of methoxy groups -OCH3 is 2. The molecule has 0 amide bonds. The first kappa shape index (κ1) is 11.7. The Balaban J connectivity index is 2.69. The van der Waals surface area contributed by atoms with Crippen molar-refractivity contribution in [2.45, 2.75) is 0 Å². The van der Waals surface area contributed by atoms with Gasteiger partial charge >= 0.3 is 0 Å². The predicted molar refractivity (Wildman–Crippen MR) is 65.6 cm³/mol. The Morgan fingerprint density at radius 2 is 1.59 bits per heavy atom. The van der Waals surface area contributed by atoms with Crippen LogP contribution in [0.2, 0.25) is 5.15 Å². The maximum atomic E-state index is 6.03. The molecule has 2 aromatic rings. The molecular weight excluding hydrogens is 240 g/mol. The zero-order valence-electron chi connectivity index (χ0n) is 9.48. The van der Waals surface area contributed by atoms with E-state index in [2.05, 4.69) is 9.97 Å². The normalized spacial score (nSPS) is 10.1. The van der Waals surface area contributed by atoms with E-state index in [1.807, 2.05) is 18.2 Å². The Bertz CT molecular complexity index is 509. The van der Waals surface area contributed by atoms with Crippen molar-refractivity contribution in [3.05, 3.63) is 35.7 Å². The minimum absolute atomic E-state index is 0.315. The van der Waals surface area contributed by atoms with E-state index in [4.69, 9.17) is 21.1 Å². The van der Waals surface area contributed by atoms with Crippen LogP contribution < -0.4 is 9.47 Å². The Labute approximate surface area is 104 Å². The molecule has 0 N–H and O–H groups in total. The van der Waals surface area contributed by atoms with E-state index in [-0.39, 0.29) is 0 Å². The van der Waals surface area contributed by atoms with Gasteiger partial charge in [0.15, 0.2) is 5.15 Å². The van der Waals surface area contributed by atoms with Crippen molar-refractivity contribution in [3.8, 4) is 22.8 Å². The van der Waals surface area contributed by atoms with E-state index in [1.165, 1.54) is 6.20 Å². The summed E-state index contributed by atoms with van der Waals surface area (Å²) in [7, 11) is 3.17. The molecule has 17 heavy (non-hydrogen) atoms. The van der Waals surface area contributed by atoms with Crippen molar-refractivity contribution < 1.29 is 9.47 Å². The van der Waals surface area contributed by atoms with Crippen LogP contribution in [0.4, 0.5) is 0 Å². The molecule has 1 aromatic carbocycles. The summed E-state index contributed by atoms with van der Waals surface area (Å²) in [5.41, 5.74) is 1.25. The minimum atomic E-state index is 0.315. The standard InChI is InChI=1S/C12H11ClN2O2/c1-16-8-4-3-5-9(17-2)10(8)11-12(13)15-7-6-14-11/h3-7H,1-2H3. The minimum Gasteiger partial charge on any atom is -0.496 e. The Morgan fingerprint density at radius 1 is 1.00 bits per heavy atom. The second kappa shape index (κ2) is 5.01. The highest BCUT2D eigenvalue weighted by molar-refractivity contribution is 6.31. The van der Waals surface area contributed by atoms with Crippen LogP contribution in [-0.4, -0.2) is 24.2 Å². The number of aromatic nitrogens is 2. The molecule has 0 saturated heterocycles. The van der Waals surface area contributed by atoms with Crippen molar-refractivity contribution >= 4 is 11.6 Å². The van der Waals surface area contributed by atoms with Crippen LogP contribution in [-0.2, 0) is 0 Å². The predicted octanol–water partition coefficient (Wildman–Crippen LogP) is 2.81. The number of halogens is 1. The molecule has 0 radical (unpaired) electrons. The first-order valence-corrected chi connectivity index (χ1v) is 5.33. The summed E-state index contributed by atoms with van der Waals surface area (Å²) >= 11 is 6.03. The van der Waals surface area contributed by atoms with Gasteiger partial charge < -0.3 is 9.47 Å². The van der Waals surface area contributed by atoms with Crippen LogP contribution in [0.15, 0.2) is 30.6 Å². The summed E-state index contributed by atoms with van der Waals surface area (Å²) in [6.07, 6.45) is 3.11. The van der Waals surface area contributed by atoms with E-state index < -0.39 is 0 Å². The van der Waals surface area contributed by atoms with Gasteiger partial charge in [0.1, 0.15) is 17.2 Å². The van der Waals surface area contributed by atoms with Gasteiger partial charge in [-0.2, -0.15) is 0 Å². The molecule has 2 rings (SSSR count). The van der Waals surface area contributed by atoms with Gasteiger partial charge in [-0.15, -0.1) is 0 Å². The van der Waals surface area contributed by atoms with E-state index in [1.54, 1.807) is 20.4 Å². The zero-order chi connectivity index (χ0) is 12.3. The summed E-state index contributed by atoms with van der Waals surface area (Å²) in [5, 5.41) is 0.315. The van der Waals surface area contributed by atoms with Crippen LogP contribution in [0.1, 0.15) is 0 Å². The number of rotatable bonds is 3. The zero-order valence-corrected chi connectivity index (χ0v) is 10.2. The fourth-order valence-electron chi connectivity index (χ4n) is 1.57. The summed E-state index contributed by atoms with van der Waals surface area (Å²) in [6, 6.07) is 5.48. The maximum Gasteiger partial charge on any atom is 0.155 e. The van der Waals surface area contributed by atoms with Crippen LogP contribution >= 0.6 is 11.6 Å². The molecule has 0 fully saturated rings. The monoisotopic (exact) mass is 250 g/mol. The molecule has 0 aliphatic heterocycles. The molecule has 88 valence electrons. The van der Waals surface area contributed by atoms with Crippen LogP contribution in [0.5, 0.6) is 11.5 Å². The summed E-state index contributed by atoms with van der Waals surface area (Å²) in [4.78, 5) is 8.21. The number of nitrogens with zero attached hydrogens (tertiary/aromatic N) is 2. The highest BCUT2D eigenvalue weighted by atomic mass is 35.5. The van der Waals surface area contributed by atoms with Crippen molar-refractivity contribution in [3.63, 3.8) is 0 Å². The lowest BCUT2D eigenvalue weighted by Crippen LogP contribution is -1.95. The van der Waals surface area contributed by atoms with Gasteiger partial charge in [0.05, 0.1) is 19.8 Å². The summed E-state index contributed by atoms with van der Waals surface area (Å²) in [5.74, 6) is 1.29. The third-order valence-corrected chi connectivity index (χ3v) is 2.59. The Kier molecular flexibility index (Phi) is 3.44. The number of ether oxygens (including phenoxy) is 2. The second-order valence-corrected chi connectivity index (χ2v) is 3.59. The molecule has 5 heteroatoms. The van der Waals surface area contributed by atoms with Gasteiger partial charge in [0.25, 0.3) is 0 Å². The van der Waals surface area contributed by atoms with Crippen molar-refractivity contribution in [2.75, 3.05) is 14.2 Å². The molecule has 0 spiro atoms. The number of hydrogen-bond acceptors (Lipinski definition) is 4. The third-order valence-electron chi connectivity index (χ3n) is 2.32. The highest BCUT2D eigenvalue weighted by Gasteiger charge is 2.16. The second-order valence-electron chi connectivity index (χ2n) is 3.23. The average molecular weight is 251 g/mol. The smallest absolute Gasteiger partial charge is 0.155 e. The van der Waals surface area contributed by atoms with Gasteiger partial charge in [-0.25, -0.2) is 4.98 Å². The van der Waals surface area contributed by atoms with Gasteiger partial charge in [0, 0.05) is 12.4 Å². The molecule has 0 saturated carbocycles. The van der Waals surface area contributed by atoms with E-state index in [9.17, 15) is 0 Å². The van der Waals surface area contributed by atoms with E-state index in [0.717, 1.165) is 0 Å². The van der Waals surface area contributed by atoms with Gasteiger partial charge in [-0.1, -0.05) is 17.7 Å².